The van der Waals surface area contributed by atoms with E-state index in [4.69, 9.17) is 14.7 Å². The zero-order chi connectivity index (χ0) is 17.4. The number of para-hydroxylation sites is 2. The van der Waals surface area contributed by atoms with E-state index in [1.165, 1.54) is 0 Å². The van der Waals surface area contributed by atoms with E-state index in [9.17, 15) is 4.79 Å². The molecule has 1 amide bonds. The van der Waals surface area contributed by atoms with Crippen LogP contribution in [0.4, 0.5) is 0 Å². The monoisotopic (exact) mass is 324 g/mol. The average molecular weight is 324 g/mol. The van der Waals surface area contributed by atoms with Gasteiger partial charge in [-0.1, -0.05) is 24.3 Å². The van der Waals surface area contributed by atoms with Crippen molar-refractivity contribution < 1.29 is 14.3 Å². The molecule has 0 aliphatic carbocycles. The molecule has 0 saturated heterocycles. The Balaban J connectivity index is 1.82. The van der Waals surface area contributed by atoms with Gasteiger partial charge in [-0.2, -0.15) is 5.26 Å². The van der Waals surface area contributed by atoms with Crippen molar-refractivity contribution in [3.8, 4) is 17.6 Å². The summed E-state index contributed by atoms with van der Waals surface area (Å²) in [7, 11) is 3.34. The second-order valence-corrected chi connectivity index (χ2v) is 5.31. The first-order valence-electron chi connectivity index (χ1n) is 7.63. The van der Waals surface area contributed by atoms with Crippen molar-refractivity contribution >= 4 is 5.91 Å². The molecule has 0 spiro atoms. The molecular formula is C19H20N2O3. The van der Waals surface area contributed by atoms with Crippen LogP contribution in [0.2, 0.25) is 0 Å². The van der Waals surface area contributed by atoms with Crippen LogP contribution in [0.15, 0.2) is 48.5 Å². The van der Waals surface area contributed by atoms with E-state index in [0.717, 1.165) is 5.56 Å². The van der Waals surface area contributed by atoms with Crippen LogP contribution < -0.4 is 9.47 Å². The Morgan fingerprint density at radius 1 is 1.12 bits per heavy atom. The van der Waals surface area contributed by atoms with Gasteiger partial charge in [0.2, 0.25) is 5.91 Å². The van der Waals surface area contributed by atoms with Crippen LogP contribution in [-0.4, -0.2) is 31.6 Å². The second-order valence-electron chi connectivity index (χ2n) is 5.31. The van der Waals surface area contributed by atoms with E-state index in [0.29, 0.717) is 23.6 Å². The van der Waals surface area contributed by atoms with Crippen LogP contribution >= 0.6 is 0 Å². The predicted octanol–water partition coefficient (Wildman–Crippen LogP) is 2.99. The molecule has 0 aliphatic rings. The molecule has 0 bridgehead atoms. The van der Waals surface area contributed by atoms with E-state index in [2.05, 4.69) is 6.07 Å². The molecule has 5 heteroatoms. The van der Waals surface area contributed by atoms with Gasteiger partial charge in [0.1, 0.15) is 0 Å². The third-order valence-corrected chi connectivity index (χ3v) is 3.57. The third-order valence-electron chi connectivity index (χ3n) is 3.57. The molecule has 124 valence electrons. The van der Waals surface area contributed by atoms with Crippen molar-refractivity contribution in [1.29, 1.82) is 5.26 Å². The average Bonchev–Trinajstić information content (AvgIpc) is 2.62. The second kappa shape index (κ2) is 8.59. The van der Waals surface area contributed by atoms with Crippen molar-refractivity contribution in [2.75, 3.05) is 20.8 Å². The Morgan fingerprint density at radius 3 is 2.42 bits per heavy atom. The number of carbonyl (C=O) groups is 1. The first-order chi connectivity index (χ1) is 11.6. The molecule has 0 fully saturated rings. The summed E-state index contributed by atoms with van der Waals surface area (Å²) in [6.45, 7) is 0.788. The minimum absolute atomic E-state index is 0.00532. The summed E-state index contributed by atoms with van der Waals surface area (Å²) in [5.74, 6) is 1.27. The molecule has 0 atom stereocenters. The molecule has 0 saturated carbocycles. The molecule has 24 heavy (non-hydrogen) atoms. The lowest BCUT2D eigenvalue weighted by molar-refractivity contribution is -0.130. The fourth-order valence-electron chi connectivity index (χ4n) is 2.22. The number of nitrogens with zero attached hydrogens (tertiary/aromatic N) is 2. The molecular weight excluding hydrogens is 304 g/mol. The summed E-state index contributed by atoms with van der Waals surface area (Å²) in [5, 5.41) is 8.79. The first-order valence-corrected chi connectivity index (χ1v) is 7.63. The Bertz CT molecular complexity index is 720. The van der Waals surface area contributed by atoms with E-state index in [1.807, 2.05) is 36.4 Å². The first kappa shape index (κ1) is 17.4. The molecule has 0 unspecified atom stereocenters. The highest BCUT2D eigenvalue weighted by atomic mass is 16.5. The maximum atomic E-state index is 12.2. The number of methoxy groups -OCH3 is 1. The van der Waals surface area contributed by atoms with Crippen molar-refractivity contribution in [3.63, 3.8) is 0 Å². The van der Waals surface area contributed by atoms with Gasteiger partial charge in [0.25, 0.3) is 0 Å². The van der Waals surface area contributed by atoms with Gasteiger partial charge in [0.05, 0.1) is 31.8 Å². The lowest BCUT2D eigenvalue weighted by Gasteiger charge is -2.18. The van der Waals surface area contributed by atoms with Crippen LogP contribution in [0.1, 0.15) is 17.5 Å². The minimum Gasteiger partial charge on any atom is -0.493 e. The van der Waals surface area contributed by atoms with Gasteiger partial charge in [-0.3, -0.25) is 4.79 Å². The highest BCUT2D eigenvalue weighted by molar-refractivity contribution is 5.76. The number of nitriles is 1. The lowest BCUT2D eigenvalue weighted by atomic mass is 10.1. The van der Waals surface area contributed by atoms with Crippen molar-refractivity contribution in [2.45, 2.75) is 13.0 Å². The number of carbonyl (C=O) groups excluding carboxylic acids is 1. The number of benzene rings is 2. The number of hydrogen-bond donors (Lipinski definition) is 0. The van der Waals surface area contributed by atoms with E-state index in [1.54, 1.807) is 31.2 Å². The van der Waals surface area contributed by atoms with Gasteiger partial charge >= 0.3 is 0 Å². The zero-order valence-electron chi connectivity index (χ0n) is 13.9. The maximum Gasteiger partial charge on any atom is 0.226 e. The van der Waals surface area contributed by atoms with Gasteiger partial charge < -0.3 is 14.4 Å². The summed E-state index contributed by atoms with van der Waals surface area (Å²) in [6.07, 6.45) is 0.283. The summed E-state index contributed by atoms with van der Waals surface area (Å²) in [5.41, 5.74) is 1.59. The minimum atomic E-state index is -0.00532. The SMILES string of the molecule is COc1ccccc1OCCC(=O)N(C)Cc1ccc(C#N)cc1. The summed E-state index contributed by atoms with van der Waals surface area (Å²) in [6, 6.07) is 16.6. The highest BCUT2D eigenvalue weighted by Gasteiger charge is 2.10. The number of amides is 1. The van der Waals surface area contributed by atoms with Gasteiger partial charge in [0.15, 0.2) is 11.5 Å². The maximum absolute atomic E-state index is 12.2. The standard InChI is InChI=1S/C19H20N2O3/c1-21(14-16-9-7-15(13-20)8-10-16)19(22)11-12-24-18-6-4-3-5-17(18)23-2/h3-10H,11-12,14H2,1-2H3. The zero-order valence-corrected chi connectivity index (χ0v) is 13.9. The van der Waals surface area contributed by atoms with Crippen molar-refractivity contribution in [1.82, 2.24) is 4.90 Å². The van der Waals surface area contributed by atoms with Crippen molar-refractivity contribution in [2.24, 2.45) is 0 Å². The van der Waals surface area contributed by atoms with Gasteiger partial charge in [0, 0.05) is 13.6 Å². The summed E-state index contributed by atoms with van der Waals surface area (Å²) in [4.78, 5) is 13.8. The van der Waals surface area contributed by atoms with E-state index in [-0.39, 0.29) is 18.9 Å². The molecule has 0 heterocycles. The Labute approximate surface area is 142 Å². The summed E-state index contributed by atoms with van der Waals surface area (Å²) < 4.78 is 10.8. The number of ether oxygens (including phenoxy) is 2. The topological polar surface area (TPSA) is 62.6 Å². The molecule has 0 N–H and O–H groups in total. The molecule has 0 aliphatic heterocycles. The Hall–Kier alpha value is -3.00. The fraction of sp³-hybridized carbons (Fsp3) is 0.263. The van der Waals surface area contributed by atoms with Gasteiger partial charge in [-0.25, -0.2) is 0 Å². The molecule has 0 aromatic heterocycles. The van der Waals surface area contributed by atoms with Crippen LogP contribution in [0, 0.1) is 11.3 Å². The van der Waals surface area contributed by atoms with Gasteiger partial charge in [-0.15, -0.1) is 0 Å². The van der Waals surface area contributed by atoms with Crippen LogP contribution in [0.25, 0.3) is 0 Å². The van der Waals surface area contributed by atoms with Crippen LogP contribution in [-0.2, 0) is 11.3 Å². The Morgan fingerprint density at radius 2 is 1.79 bits per heavy atom. The summed E-state index contributed by atoms with van der Waals surface area (Å²) >= 11 is 0. The van der Waals surface area contributed by atoms with Gasteiger partial charge in [-0.05, 0) is 29.8 Å². The molecule has 2 rings (SSSR count). The highest BCUT2D eigenvalue weighted by Crippen LogP contribution is 2.25. The molecule has 2 aromatic carbocycles. The number of hydrogen-bond acceptors (Lipinski definition) is 4. The fourth-order valence-corrected chi connectivity index (χ4v) is 2.22. The van der Waals surface area contributed by atoms with E-state index < -0.39 is 0 Å². The van der Waals surface area contributed by atoms with Crippen LogP contribution in [0.3, 0.4) is 0 Å². The van der Waals surface area contributed by atoms with Crippen molar-refractivity contribution in [3.05, 3.63) is 59.7 Å². The largest absolute Gasteiger partial charge is 0.493 e. The number of rotatable bonds is 7. The molecule has 5 nitrogen and oxygen atoms in total. The normalized spacial score (nSPS) is 9.88. The van der Waals surface area contributed by atoms with E-state index >= 15 is 0 Å². The quantitative estimate of drug-likeness (QED) is 0.785. The third kappa shape index (κ3) is 4.75. The Kier molecular flexibility index (Phi) is 6.21. The van der Waals surface area contributed by atoms with Crippen LogP contribution in [0.5, 0.6) is 11.5 Å². The molecule has 0 radical (unpaired) electrons. The lowest BCUT2D eigenvalue weighted by Crippen LogP contribution is -2.27. The smallest absolute Gasteiger partial charge is 0.226 e. The molecule has 2 aromatic rings. The predicted molar refractivity (Wildman–Crippen MR) is 90.7 cm³/mol.